The molecule has 2 rings (SSSR count). The Morgan fingerprint density at radius 1 is 1.33 bits per heavy atom. The second-order valence-corrected chi connectivity index (χ2v) is 4.27. The minimum absolute atomic E-state index is 0.730. The molecule has 12 heavy (non-hydrogen) atoms. The molecular formula is C11H14Si. The van der Waals surface area contributed by atoms with Crippen molar-refractivity contribution in [2.24, 2.45) is 0 Å². The van der Waals surface area contributed by atoms with Gasteiger partial charge >= 0.3 is 0 Å². The molecule has 62 valence electrons. The van der Waals surface area contributed by atoms with Gasteiger partial charge in [-0.05, 0) is 29.5 Å². The van der Waals surface area contributed by atoms with Crippen LogP contribution in [0.15, 0.2) is 30.3 Å². The van der Waals surface area contributed by atoms with Gasteiger partial charge in [-0.1, -0.05) is 36.4 Å². The van der Waals surface area contributed by atoms with E-state index in [0.29, 0.717) is 0 Å². The van der Waals surface area contributed by atoms with Gasteiger partial charge < -0.3 is 0 Å². The second kappa shape index (κ2) is 2.90. The van der Waals surface area contributed by atoms with Gasteiger partial charge in [0.25, 0.3) is 0 Å². The summed E-state index contributed by atoms with van der Waals surface area (Å²) in [5.41, 5.74) is 4.48. The molecule has 0 spiro atoms. The van der Waals surface area contributed by atoms with Gasteiger partial charge in [-0.25, -0.2) is 0 Å². The maximum absolute atomic E-state index is 2.41. The van der Waals surface area contributed by atoms with Crippen molar-refractivity contribution in [3.8, 4) is 0 Å². The molecule has 0 heterocycles. The van der Waals surface area contributed by atoms with E-state index in [4.69, 9.17) is 0 Å². The maximum Gasteiger partial charge on any atom is 0.00397 e. The molecule has 0 saturated carbocycles. The lowest BCUT2D eigenvalue weighted by molar-refractivity contribution is 0.985. The summed E-state index contributed by atoms with van der Waals surface area (Å²) < 4.78 is 0. The van der Waals surface area contributed by atoms with Crippen molar-refractivity contribution >= 4 is 15.8 Å². The molecule has 1 aromatic carbocycles. The largest absolute Gasteiger partial charge is 0.0738 e. The summed E-state index contributed by atoms with van der Waals surface area (Å²) in [6.45, 7) is 2.22. The Hall–Kier alpha value is -0.823. The molecule has 0 nitrogen and oxygen atoms in total. The fourth-order valence-electron chi connectivity index (χ4n) is 2.00. The zero-order chi connectivity index (χ0) is 8.55. The molecule has 0 saturated heterocycles. The number of allylic oxidation sites excluding steroid dienone is 2. The van der Waals surface area contributed by atoms with Crippen molar-refractivity contribution in [3.63, 3.8) is 0 Å². The molecule has 0 bridgehead atoms. The van der Waals surface area contributed by atoms with Crippen LogP contribution < -0.4 is 0 Å². The molecule has 1 heteroatoms. The summed E-state index contributed by atoms with van der Waals surface area (Å²) in [6.07, 6.45) is 2.41. The topological polar surface area (TPSA) is 0 Å². The van der Waals surface area contributed by atoms with E-state index in [1.807, 2.05) is 0 Å². The van der Waals surface area contributed by atoms with E-state index in [0.717, 1.165) is 5.92 Å². The van der Waals surface area contributed by atoms with Crippen molar-refractivity contribution < 1.29 is 0 Å². The molecule has 0 aliphatic heterocycles. The van der Waals surface area contributed by atoms with Crippen LogP contribution in [0.2, 0.25) is 6.04 Å². The minimum atomic E-state index is 0.730. The van der Waals surface area contributed by atoms with E-state index in [1.165, 1.54) is 27.4 Å². The zero-order valence-electron chi connectivity index (χ0n) is 7.67. The van der Waals surface area contributed by atoms with Crippen molar-refractivity contribution in [1.82, 2.24) is 0 Å². The first kappa shape index (κ1) is 7.81. The minimum Gasteiger partial charge on any atom is -0.0738 e. The van der Waals surface area contributed by atoms with Gasteiger partial charge in [0.1, 0.15) is 0 Å². The van der Waals surface area contributed by atoms with Crippen LogP contribution in [0.5, 0.6) is 0 Å². The summed E-state index contributed by atoms with van der Waals surface area (Å²) in [7, 11) is 1.30. The summed E-state index contributed by atoms with van der Waals surface area (Å²) in [4.78, 5) is 0. The molecule has 1 atom stereocenters. The normalized spacial score (nSPS) is 20.8. The summed E-state index contributed by atoms with van der Waals surface area (Å²) >= 11 is 0. The third-order valence-corrected chi connectivity index (χ3v) is 3.56. The third kappa shape index (κ3) is 1.05. The van der Waals surface area contributed by atoms with Gasteiger partial charge in [0.05, 0.1) is 0 Å². The maximum atomic E-state index is 2.41. The average Bonchev–Trinajstić information content (AvgIpc) is 2.44. The van der Waals surface area contributed by atoms with Crippen molar-refractivity contribution in [2.75, 3.05) is 0 Å². The van der Waals surface area contributed by atoms with E-state index in [2.05, 4.69) is 37.3 Å². The fraction of sp³-hybridized carbons (Fsp3) is 0.273. The smallest absolute Gasteiger partial charge is 0.00397 e. The number of rotatable bonds is 1. The summed E-state index contributed by atoms with van der Waals surface area (Å²) in [5, 5.41) is 0. The van der Waals surface area contributed by atoms with Crippen molar-refractivity contribution in [1.29, 1.82) is 0 Å². The van der Waals surface area contributed by atoms with Crippen LogP contribution in [-0.4, -0.2) is 10.2 Å². The first-order valence-corrected chi connectivity index (χ1v) is 6.02. The van der Waals surface area contributed by atoms with Gasteiger partial charge in [0.15, 0.2) is 0 Å². The molecule has 0 N–H and O–H groups in total. The third-order valence-electron chi connectivity index (χ3n) is 2.68. The van der Waals surface area contributed by atoms with E-state index in [-0.39, 0.29) is 0 Å². The number of hydrogen-bond acceptors (Lipinski definition) is 0. The highest BCUT2D eigenvalue weighted by atomic mass is 28.1. The van der Waals surface area contributed by atoms with Gasteiger partial charge in [0.2, 0.25) is 0 Å². The predicted octanol–water partition coefficient (Wildman–Crippen LogP) is 1.97. The van der Waals surface area contributed by atoms with Gasteiger partial charge in [-0.15, -0.1) is 0 Å². The predicted molar refractivity (Wildman–Crippen MR) is 57.6 cm³/mol. The van der Waals surface area contributed by atoms with Gasteiger partial charge in [0, 0.05) is 10.2 Å². The lowest BCUT2D eigenvalue weighted by Gasteiger charge is -2.06. The Kier molecular flexibility index (Phi) is 1.89. The zero-order valence-corrected chi connectivity index (χ0v) is 9.67. The number of fused-ring (bicyclic) bond motifs is 1. The first-order chi connectivity index (χ1) is 5.83. The molecule has 0 fully saturated rings. The van der Waals surface area contributed by atoms with Crippen LogP contribution in [0, 0.1) is 0 Å². The number of hydrogen-bond donors (Lipinski definition) is 0. The molecule has 1 unspecified atom stereocenters. The highest BCUT2D eigenvalue weighted by Gasteiger charge is 2.17. The lowest BCUT2D eigenvalue weighted by Crippen LogP contribution is -1.90. The molecule has 0 amide bonds. The van der Waals surface area contributed by atoms with Crippen molar-refractivity contribution in [2.45, 2.75) is 18.9 Å². The molecular weight excluding hydrogens is 160 g/mol. The Bertz CT molecular complexity index is 326. The van der Waals surface area contributed by atoms with Crippen LogP contribution in [0.4, 0.5) is 0 Å². The quantitative estimate of drug-likeness (QED) is 0.571. The highest BCUT2D eigenvalue weighted by Crippen LogP contribution is 2.36. The first-order valence-electron chi connectivity index (χ1n) is 4.60. The second-order valence-electron chi connectivity index (χ2n) is 3.45. The SMILES string of the molecule is CC1=CC(C[SiH3])c2ccccc21. The van der Waals surface area contributed by atoms with E-state index in [9.17, 15) is 0 Å². The molecule has 0 aromatic heterocycles. The molecule has 1 aliphatic rings. The summed E-state index contributed by atoms with van der Waals surface area (Å²) in [6, 6.07) is 10.1. The monoisotopic (exact) mass is 174 g/mol. The van der Waals surface area contributed by atoms with Crippen LogP contribution >= 0.6 is 0 Å². The van der Waals surface area contributed by atoms with E-state index in [1.54, 1.807) is 5.56 Å². The lowest BCUT2D eigenvalue weighted by atomic mass is 10.0. The van der Waals surface area contributed by atoms with Crippen LogP contribution in [0.1, 0.15) is 24.0 Å². The summed E-state index contributed by atoms with van der Waals surface area (Å²) in [5.74, 6) is 0.730. The van der Waals surface area contributed by atoms with Gasteiger partial charge in [-0.3, -0.25) is 0 Å². The molecule has 1 aromatic rings. The average molecular weight is 174 g/mol. The fourth-order valence-corrected chi connectivity index (χ4v) is 2.67. The van der Waals surface area contributed by atoms with E-state index < -0.39 is 0 Å². The van der Waals surface area contributed by atoms with Crippen LogP contribution in [-0.2, 0) is 0 Å². The Morgan fingerprint density at radius 3 is 2.83 bits per heavy atom. The van der Waals surface area contributed by atoms with Gasteiger partial charge in [-0.2, -0.15) is 0 Å². The molecule has 1 aliphatic carbocycles. The van der Waals surface area contributed by atoms with Crippen molar-refractivity contribution in [3.05, 3.63) is 41.5 Å². The van der Waals surface area contributed by atoms with E-state index >= 15 is 0 Å². The van der Waals surface area contributed by atoms with Crippen LogP contribution in [0.3, 0.4) is 0 Å². The molecule has 0 radical (unpaired) electrons. The Morgan fingerprint density at radius 2 is 2.08 bits per heavy atom. The standard InChI is InChI=1S/C11H14Si/c1-8-6-9(7-12)11-5-3-2-4-10(8)11/h2-6,9H,7H2,1,12H3. The Balaban J connectivity index is 2.52. The number of benzene rings is 1. The Labute approximate surface area is 76.7 Å². The highest BCUT2D eigenvalue weighted by molar-refractivity contribution is 6.09. The van der Waals surface area contributed by atoms with Crippen LogP contribution in [0.25, 0.3) is 5.57 Å².